The second kappa shape index (κ2) is 6.73. The largest absolute Gasteiger partial charge is 0.339 e. The van der Waals surface area contributed by atoms with Crippen molar-refractivity contribution in [3.63, 3.8) is 0 Å². The topological polar surface area (TPSA) is 45.2 Å². The number of rotatable bonds is 4. The summed E-state index contributed by atoms with van der Waals surface area (Å²) in [5.41, 5.74) is 2.39. The summed E-state index contributed by atoms with van der Waals surface area (Å²) in [4.78, 5) is 9.17. The van der Waals surface area contributed by atoms with Crippen LogP contribution in [0.3, 0.4) is 0 Å². The number of hydrogen-bond donors (Lipinski definition) is 0. The molecule has 0 unspecified atom stereocenters. The summed E-state index contributed by atoms with van der Waals surface area (Å²) in [5, 5.41) is 8.41. The lowest BCUT2D eigenvalue weighted by molar-refractivity contribution is 0.565. The zero-order valence-electron chi connectivity index (χ0n) is 13.4. The summed E-state index contributed by atoms with van der Waals surface area (Å²) in [6.07, 6.45) is 5.47. The molecular formula is C17H23N5. The molecule has 1 fully saturated rings. The van der Waals surface area contributed by atoms with Gasteiger partial charge in [0.1, 0.15) is 0 Å². The van der Waals surface area contributed by atoms with Crippen molar-refractivity contribution in [3.05, 3.63) is 36.0 Å². The molecule has 1 aromatic heterocycles. The van der Waals surface area contributed by atoms with Crippen molar-refractivity contribution in [2.75, 3.05) is 29.4 Å². The molecule has 0 saturated carbocycles. The van der Waals surface area contributed by atoms with Crippen molar-refractivity contribution in [2.45, 2.75) is 33.1 Å². The maximum Gasteiger partial charge on any atom is 0.247 e. The fraction of sp³-hybridized carbons (Fsp3) is 0.471. The Labute approximate surface area is 132 Å². The minimum atomic E-state index is 0.753. The van der Waals surface area contributed by atoms with Crippen molar-refractivity contribution in [3.8, 4) is 0 Å². The van der Waals surface area contributed by atoms with Gasteiger partial charge in [-0.15, -0.1) is 5.10 Å². The zero-order chi connectivity index (χ0) is 15.4. The zero-order valence-corrected chi connectivity index (χ0v) is 13.4. The first-order chi connectivity index (χ1) is 10.8. The van der Waals surface area contributed by atoms with Gasteiger partial charge in [-0.1, -0.05) is 12.1 Å². The van der Waals surface area contributed by atoms with Gasteiger partial charge < -0.3 is 9.80 Å². The smallest absolute Gasteiger partial charge is 0.247 e. The lowest BCUT2D eigenvalue weighted by Crippen LogP contribution is -2.31. The summed E-state index contributed by atoms with van der Waals surface area (Å²) in [6.45, 7) is 7.14. The van der Waals surface area contributed by atoms with Crippen LogP contribution in [0.4, 0.5) is 17.5 Å². The van der Waals surface area contributed by atoms with Gasteiger partial charge in [0.25, 0.3) is 0 Å². The Bertz CT molecular complexity index is 622. The molecular weight excluding hydrogens is 274 g/mol. The lowest BCUT2D eigenvalue weighted by Gasteiger charge is -2.28. The third-order valence-corrected chi connectivity index (χ3v) is 4.08. The molecule has 5 heteroatoms. The van der Waals surface area contributed by atoms with Gasteiger partial charge in [0.05, 0.1) is 6.20 Å². The van der Waals surface area contributed by atoms with Gasteiger partial charge in [-0.3, -0.25) is 0 Å². The summed E-state index contributed by atoms with van der Waals surface area (Å²) in [6, 6.07) is 8.47. The van der Waals surface area contributed by atoms with Crippen molar-refractivity contribution >= 4 is 17.5 Å². The Hall–Kier alpha value is -2.17. The molecule has 0 N–H and O–H groups in total. The molecule has 1 aromatic carbocycles. The number of aromatic nitrogens is 3. The number of hydrogen-bond acceptors (Lipinski definition) is 5. The van der Waals surface area contributed by atoms with E-state index < -0.39 is 0 Å². The van der Waals surface area contributed by atoms with Crippen LogP contribution in [0, 0.1) is 6.92 Å². The average Bonchev–Trinajstić information content (AvgIpc) is 2.57. The molecule has 1 saturated heterocycles. The predicted molar refractivity (Wildman–Crippen MR) is 89.8 cm³/mol. The molecule has 2 aromatic rings. The van der Waals surface area contributed by atoms with Gasteiger partial charge in [-0.2, -0.15) is 10.1 Å². The van der Waals surface area contributed by atoms with E-state index in [0.29, 0.717) is 0 Å². The fourth-order valence-corrected chi connectivity index (χ4v) is 2.92. The molecule has 0 radical (unpaired) electrons. The van der Waals surface area contributed by atoms with Gasteiger partial charge in [0.15, 0.2) is 5.82 Å². The minimum Gasteiger partial charge on any atom is -0.339 e. The van der Waals surface area contributed by atoms with E-state index >= 15 is 0 Å². The number of nitrogens with zero attached hydrogens (tertiary/aromatic N) is 5. The van der Waals surface area contributed by atoms with Crippen LogP contribution < -0.4 is 9.80 Å². The summed E-state index contributed by atoms with van der Waals surface area (Å²) < 4.78 is 0. The molecule has 0 amide bonds. The summed E-state index contributed by atoms with van der Waals surface area (Å²) >= 11 is 0. The normalized spacial score (nSPS) is 14.9. The van der Waals surface area contributed by atoms with E-state index in [4.69, 9.17) is 4.98 Å². The number of aryl methyl sites for hydroxylation is 1. The van der Waals surface area contributed by atoms with Crippen LogP contribution in [0.1, 0.15) is 31.7 Å². The first-order valence-electron chi connectivity index (χ1n) is 8.07. The highest BCUT2D eigenvalue weighted by atomic mass is 15.3. The van der Waals surface area contributed by atoms with E-state index in [-0.39, 0.29) is 0 Å². The Balaban J connectivity index is 1.89. The minimum absolute atomic E-state index is 0.753. The highest BCUT2D eigenvalue weighted by molar-refractivity contribution is 5.60. The van der Waals surface area contributed by atoms with Crippen LogP contribution in [0.25, 0.3) is 0 Å². The Kier molecular flexibility index (Phi) is 4.51. The summed E-state index contributed by atoms with van der Waals surface area (Å²) in [5.74, 6) is 1.62. The van der Waals surface area contributed by atoms with Crippen LogP contribution in [0.2, 0.25) is 0 Å². The number of piperidine rings is 1. The maximum absolute atomic E-state index is 4.75. The Morgan fingerprint density at radius 3 is 2.73 bits per heavy atom. The summed E-state index contributed by atoms with van der Waals surface area (Å²) in [7, 11) is 0. The monoisotopic (exact) mass is 297 g/mol. The second-order valence-corrected chi connectivity index (χ2v) is 5.75. The number of benzene rings is 1. The van der Waals surface area contributed by atoms with Gasteiger partial charge in [-0.05, 0) is 50.8 Å². The first-order valence-corrected chi connectivity index (χ1v) is 8.07. The van der Waals surface area contributed by atoms with E-state index in [2.05, 4.69) is 58.1 Å². The SMILES string of the molecule is CCN(c1cccc(C)c1)c1cnnc(N2CCCCC2)n1. The fourth-order valence-electron chi connectivity index (χ4n) is 2.92. The average molecular weight is 297 g/mol. The first kappa shape index (κ1) is 14.8. The van der Waals surface area contributed by atoms with E-state index in [9.17, 15) is 0 Å². The molecule has 3 rings (SSSR count). The van der Waals surface area contributed by atoms with Gasteiger partial charge in [-0.25, -0.2) is 0 Å². The highest BCUT2D eigenvalue weighted by Gasteiger charge is 2.16. The predicted octanol–water partition coefficient (Wildman–Crippen LogP) is 3.33. The van der Waals surface area contributed by atoms with Gasteiger partial charge >= 0.3 is 0 Å². The van der Waals surface area contributed by atoms with E-state index in [1.807, 2.05) is 0 Å². The van der Waals surface area contributed by atoms with Crippen LogP contribution in [-0.4, -0.2) is 34.8 Å². The molecule has 116 valence electrons. The molecule has 0 atom stereocenters. The Morgan fingerprint density at radius 2 is 2.00 bits per heavy atom. The highest BCUT2D eigenvalue weighted by Crippen LogP contribution is 2.25. The van der Waals surface area contributed by atoms with Crippen molar-refractivity contribution in [1.29, 1.82) is 0 Å². The molecule has 0 bridgehead atoms. The molecule has 0 aliphatic carbocycles. The standard InChI is InChI=1S/C17H23N5/c1-3-22(15-9-7-8-14(2)12-15)16-13-18-20-17(19-16)21-10-5-4-6-11-21/h7-9,12-13H,3-6,10-11H2,1-2H3. The van der Waals surface area contributed by atoms with E-state index in [0.717, 1.165) is 37.1 Å². The van der Waals surface area contributed by atoms with Crippen LogP contribution in [0.5, 0.6) is 0 Å². The molecule has 0 spiro atoms. The molecule has 1 aliphatic rings. The van der Waals surface area contributed by atoms with Crippen LogP contribution in [-0.2, 0) is 0 Å². The molecule has 2 heterocycles. The van der Waals surface area contributed by atoms with Crippen LogP contribution in [0.15, 0.2) is 30.5 Å². The van der Waals surface area contributed by atoms with Crippen LogP contribution >= 0.6 is 0 Å². The van der Waals surface area contributed by atoms with Crippen molar-refractivity contribution in [1.82, 2.24) is 15.2 Å². The molecule has 22 heavy (non-hydrogen) atoms. The number of anilines is 3. The van der Waals surface area contributed by atoms with E-state index in [1.54, 1.807) is 6.20 Å². The third kappa shape index (κ3) is 3.18. The third-order valence-electron chi connectivity index (χ3n) is 4.08. The molecule has 1 aliphatic heterocycles. The second-order valence-electron chi connectivity index (χ2n) is 5.75. The van der Waals surface area contributed by atoms with E-state index in [1.165, 1.54) is 24.8 Å². The lowest BCUT2D eigenvalue weighted by atomic mass is 10.1. The quantitative estimate of drug-likeness (QED) is 0.866. The Morgan fingerprint density at radius 1 is 1.18 bits per heavy atom. The molecule has 5 nitrogen and oxygen atoms in total. The van der Waals surface area contributed by atoms with Crippen molar-refractivity contribution < 1.29 is 0 Å². The maximum atomic E-state index is 4.75. The van der Waals surface area contributed by atoms with Crippen molar-refractivity contribution in [2.24, 2.45) is 0 Å². The van der Waals surface area contributed by atoms with Gasteiger partial charge in [0.2, 0.25) is 5.95 Å². The van der Waals surface area contributed by atoms with Gasteiger partial charge in [0, 0.05) is 25.3 Å².